The molecule has 0 aromatic heterocycles. The number of carbonyl (C=O) groups excluding carboxylic acids is 1. The molecule has 0 bridgehead atoms. The van der Waals surface area contributed by atoms with Gasteiger partial charge in [-0.05, 0) is 13.1 Å². The van der Waals surface area contributed by atoms with Crippen LogP contribution >= 0.6 is 0 Å². The molecular weight excluding hydrogens is 284 g/mol. The van der Waals surface area contributed by atoms with Crippen molar-refractivity contribution in [3.05, 3.63) is 12.1 Å². The molecule has 0 saturated carbocycles. The number of hydrogen-bond acceptors (Lipinski definition) is 6. The number of nitrogens with two attached hydrogens (primary N) is 1. The first kappa shape index (κ1) is 14.4. The molecule has 1 aromatic rings. The predicted molar refractivity (Wildman–Crippen MR) is 76.3 cm³/mol. The number of nitrogens with one attached hydrogen (secondary N) is 3. The number of nitrogen functional groups attached to an aromatic ring is 1. The third kappa shape index (κ3) is 3.31. The van der Waals surface area contributed by atoms with E-state index in [1.54, 1.807) is 12.1 Å². The molecule has 20 heavy (non-hydrogen) atoms. The van der Waals surface area contributed by atoms with Gasteiger partial charge >= 0.3 is 0 Å². The molecule has 0 unspecified atom stereocenters. The quantitative estimate of drug-likeness (QED) is 0.547. The molecule has 5 N–H and O–H groups in total. The summed E-state index contributed by atoms with van der Waals surface area (Å²) in [5.74, 6) is 0.171. The van der Waals surface area contributed by atoms with E-state index in [0.29, 0.717) is 22.8 Å². The lowest BCUT2D eigenvalue weighted by atomic mass is 10.2. The molecule has 110 valence electrons. The second kappa shape index (κ2) is 5.55. The van der Waals surface area contributed by atoms with Crippen LogP contribution in [-0.2, 0) is 14.8 Å². The summed E-state index contributed by atoms with van der Waals surface area (Å²) in [6.45, 7) is 0.153. The van der Waals surface area contributed by atoms with Crippen molar-refractivity contribution < 1.29 is 17.9 Å². The number of sulfonamides is 1. The first-order valence-corrected chi connectivity index (χ1v) is 7.58. The number of ether oxygens (including phenoxy) is 1. The maximum Gasteiger partial charge on any atom is 0.262 e. The van der Waals surface area contributed by atoms with Crippen molar-refractivity contribution in [2.75, 3.05) is 42.3 Å². The lowest BCUT2D eigenvalue weighted by Crippen LogP contribution is -2.27. The summed E-state index contributed by atoms with van der Waals surface area (Å²) in [7, 11) is -1.92. The van der Waals surface area contributed by atoms with Crippen molar-refractivity contribution in [1.29, 1.82) is 0 Å². The van der Waals surface area contributed by atoms with Gasteiger partial charge in [0.1, 0.15) is 5.75 Å². The number of rotatable bonds is 5. The van der Waals surface area contributed by atoms with Crippen LogP contribution in [0.2, 0.25) is 0 Å². The lowest BCUT2D eigenvalue weighted by Gasteiger charge is -2.20. The van der Waals surface area contributed by atoms with Gasteiger partial charge in [0.15, 0.2) is 6.61 Å². The maximum atomic E-state index is 11.3. The van der Waals surface area contributed by atoms with Crippen molar-refractivity contribution >= 4 is 33.0 Å². The minimum absolute atomic E-state index is 0.0420. The minimum atomic E-state index is -3.28. The Morgan fingerprint density at radius 3 is 2.90 bits per heavy atom. The fourth-order valence-electron chi connectivity index (χ4n) is 1.72. The smallest absolute Gasteiger partial charge is 0.262 e. The molecular formula is C11H16N4O4S. The Bertz CT molecular complexity index is 630. The first-order valence-electron chi connectivity index (χ1n) is 5.92. The van der Waals surface area contributed by atoms with Gasteiger partial charge in [0, 0.05) is 12.6 Å². The molecule has 1 heterocycles. The number of carbonyl (C=O) groups is 1. The Labute approximate surface area is 116 Å². The zero-order chi connectivity index (χ0) is 14.8. The highest BCUT2D eigenvalue weighted by Crippen LogP contribution is 2.34. The van der Waals surface area contributed by atoms with E-state index in [0.717, 1.165) is 0 Å². The standard InChI is InChI=1S/C11H16N4O4S/c1-13-20(17,18)3-2-14-8-5-9-10(4-7(8)12)19-6-11(16)15-9/h4-5,13-14H,2-3,6,12H2,1H3,(H,15,16). The van der Waals surface area contributed by atoms with Crippen LogP contribution < -0.4 is 25.8 Å². The van der Waals surface area contributed by atoms with Crippen LogP contribution in [0, 0.1) is 0 Å². The average Bonchev–Trinajstić information content (AvgIpc) is 2.40. The molecule has 1 aliphatic heterocycles. The molecule has 0 fully saturated rings. The average molecular weight is 300 g/mol. The van der Waals surface area contributed by atoms with Crippen LogP contribution in [0.5, 0.6) is 5.75 Å². The third-order valence-electron chi connectivity index (χ3n) is 2.78. The zero-order valence-electron chi connectivity index (χ0n) is 10.9. The van der Waals surface area contributed by atoms with E-state index in [9.17, 15) is 13.2 Å². The molecule has 2 rings (SSSR count). The van der Waals surface area contributed by atoms with Crippen molar-refractivity contribution in [2.24, 2.45) is 0 Å². The first-order chi connectivity index (χ1) is 9.41. The second-order valence-corrected chi connectivity index (χ2v) is 6.27. The van der Waals surface area contributed by atoms with Crippen LogP contribution in [0.4, 0.5) is 17.1 Å². The van der Waals surface area contributed by atoms with Gasteiger partial charge in [-0.1, -0.05) is 0 Å². The fourth-order valence-corrected chi connectivity index (χ4v) is 2.29. The lowest BCUT2D eigenvalue weighted by molar-refractivity contribution is -0.118. The highest BCUT2D eigenvalue weighted by atomic mass is 32.2. The SMILES string of the molecule is CNS(=O)(=O)CCNc1cc2c(cc1N)OCC(=O)N2. The minimum Gasteiger partial charge on any atom is -0.482 e. The van der Waals surface area contributed by atoms with E-state index in [1.165, 1.54) is 7.05 Å². The number of fused-ring (bicyclic) bond motifs is 1. The van der Waals surface area contributed by atoms with E-state index < -0.39 is 10.0 Å². The summed E-state index contributed by atoms with van der Waals surface area (Å²) in [5.41, 5.74) is 7.31. The number of benzene rings is 1. The molecule has 1 aromatic carbocycles. The Balaban J connectivity index is 2.09. The molecule has 1 amide bonds. The summed E-state index contributed by atoms with van der Waals surface area (Å²) in [6.07, 6.45) is 0. The van der Waals surface area contributed by atoms with Crippen molar-refractivity contribution in [1.82, 2.24) is 4.72 Å². The number of anilines is 3. The number of hydrogen-bond donors (Lipinski definition) is 4. The highest BCUT2D eigenvalue weighted by Gasteiger charge is 2.18. The maximum absolute atomic E-state index is 11.3. The Kier molecular flexibility index (Phi) is 4.00. The molecule has 0 aliphatic carbocycles. The topological polar surface area (TPSA) is 123 Å². The summed E-state index contributed by atoms with van der Waals surface area (Å²) in [6, 6.07) is 3.21. The summed E-state index contributed by atoms with van der Waals surface area (Å²) in [4.78, 5) is 11.2. The third-order valence-corrected chi connectivity index (χ3v) is 4.15. The monoisotopic (exact) mass is 300 g/mol. The fraction of sp³-hybridized carbons (Fsp3) is 0.364. The largest absolute Gasteiger partial charge is 0.482 e. The summed E-state index contributed by atoms with van der Waals surface area (Å²) >= 11 is 0. The van der Waals surface area contributed by atoms with Gasteiger partial charge in [-0.3, -0.25) is 4.79 Å². The normalized spacial score (nSPS) is 14.2. The van der Waals surface area contributed by atoms with Gasteiger partial charge in [-0.2, -0.15) is 0 Å². The van der Waals surface area contributed by atoms with Crippen LogP contribution in [0.1, 0.15) is 0 Å². The number of amides is 1. The van der Waals surface area contributed by atoms with Crippen LogP contribution in [-0.4, -0.2) is 40.3 Å². The molecule has 0 saturated heterocycles. The van der Waals surface area contributed by atoms with E-state index in [1.807, 2.05) is 0 Å². The second-order valence-electron chi connectivity index (χ2n) is 4.22. The Hall–Kier alpha value is -2.00. The van der Waals surface area contributed by atoms with Gasteiger partial charge in [0.25, 0.3) is 5.91 Å². The van der Waals surface area contributed by atoms with Crippen molar-refractivity contribution in [3.8, 4) is 5.75 Å². The van der Waals surface area contributed by atoms with E-state index in [-0.39, 0.29) is 24.8 Å². The van der Waals surface area contributed by atoms with E-state index in [2.05, 4.69) is 15.4 Å². The van der Waals surface area contributed by atoms with Crippen LogP contribution in [0.15, 0.2) is 12.1 Å². The highest BCUT2D eigenvalue weighted by molar-refractivity contribution is 7.89. The Morgan fingerprint density at radius 2 is 2.20 bits per heavy atom. The molecule has 1 aliphatic rings. The van der Waals surface area contributed by atoms with Crippen molar-refractivity contribution in [3.63, 3.8) is 0 Å². The van der Waals surface area contributed by atoms with Gasteiger partial charge in [0.05, 0.1) is 22.8 Å². The molecule has 8 nitrogen and oxygen atoms in total. The Morgan fingerprint density at radius 1 is 1.45 bits per heavy atom. The van der Waals surface area contributed by atoms with Gasteiger partial charge in [0.2, 0.25) is 10.0 Å². The molecule has 0 radical (unpaired) electrons. The van der Waals surface area contributed by atoms with Gasteiger partial charge in [-0.15, -0.1) is 0 Å². The molecule has 0 atom stereocenters. The van der Waals surface area contributed by atoms with Crippen molar-refractivity contribution in [2.45, 2.75) is 0 Å². The summed E-state index contributed by atoms with van der Waals surface area (Å²) < 4.78 is 30.0. The van der Waals surface area contributed by atoms with E-state index >= 15 is 0 Å². The van der Waals surface area contributed by atoms with Crippen LogP contribution in [0.3, 0.4) is 0 Å². The summed E-state index contributed by atoms with van der Waals surface area (Å²) in [5, 5.41) is 5.57. The predicted octanol–water partition coefficient (Wildman–Crippen LogP) is -0.439. The van der Waals surface area contributed by atoms with E-state index in [4.69, 9.17) is 10.5 Å². The molecule has 9 heteroatoms. The van der Waals surface area contributed by atoms with Gasteiger partial charge in [-0.25, -0.2) is 13.1 Å². The van der Waals surface area contributed by atoms with Gasteiger partial charge < -0.3 is 21.1 Å². The van der Waals surface area contributed by atoms with Crippen LogP contribution in [0.25, 0.3) is 0 Å². The zero-order valence-corrected chi connectivity index (χ0v) is 11.7. The molecule has 0 spiro atoms.